The second-order valence-corrected chi connectivity index (χ2v) is 12.8. The summed E-state index contributed by atoms with van der Waals surface area (Å²) in [5, 5.41) is 2.82. The van der Waals surface area contributed by atoms with Crippen LogP contribution >= 0.6 is 0 Å². The first-order valence-electron chi connectivity index (χ1n) is 14.6. The van der Waals surface area contributed by atoms with Gasteiger partial charge in [-0.2, -0.15) is 4.31 Å². The number of benzene rings is 3. The van der Waals surface area contributed by atoms with Gasteiger partial charge in [0.2, 0.25) is 21.9 Å². The lowest BCUT2D eigenvalue weighted by Gasteiger charge is -2.36. The molecule has 6 rings (SSSR count). The van der Waals surface area contributed by atoms with Crippen LogP contribution in [-0.4, -0.2) is 67.4 Å². The monoisotopic (exact) mass is 636 g/mol. The number of para-hydroxylation sites is 1. The van der Waals surface area contributed by atoms with Crippen molar-refractivity contribution in [2.24, 2.45) is 0 Å². The van der Waals surface area contributed by atoms with Crippen molar-refractivity contribution in [1.29, 1.82) is 0 Å². The Bertz CT molecular complexity index is 1800. The number of carbonyl (C=O) groups is 1. The summed E-state index contributed by atoms with van der Waals surface area (Å²) in [6, 6.07) is 17.9. The molecule has 3 aromatic carbocycles. The molecule has 13 heteroatoms. The molecule has 0 saturated carbocycles. The molecule has 0 spiro atoms. The van der Waals surface area contributed by atoms with Crippen molar-refractivity contribution in [2.45, 2.75) is 30.3 Å². The van der Waals surface area contributed by atoms with Crippen LogP contribution < -0.4 is 15.1 Å². The standard InChI is InChI=1S/C32H31F3N6O3S/c33-23-10-12-26(13-11-23)45(43,44)41-14-4-9-30(41)31(42)36-21-25-20-28(22-5-3-6-24(34)19-22)38-32(37-25)40-17-15-39(16-18-40)29-8-2-1-7-27(29)35/h1-3,5-8,10-13,19-20,30H,4,9,14-18,21H2,(H,36,42). The highest BCUT2D eigenvalue weighted by molar-refractivity contribution is 7.89. The first kappa shape index (κ1) is 30.5. The quantitative estimate of drug-likeness (QED) is 0.307. The molecule has 45 heavy (non-hydrogen) atoms. The van der Waals surface area contributed by atoms with Crippen LogP contribution in [0.3, 0.4) is 0 Å². The van der Waals surface area contributed by atoms with Crippen LogP contribution in [-0.2, 0) is 21.4 Å². The van der Waals surface area contributed by atoms with E-state index >= 15 is 0 Å². The van der Waals surface area contributed by atoms with E-state index in [0.717, 1.165) is 16.4 Å². The number of halogens is 3. The zero-order valence-electron chi connectivity index (χ0n) is 24.2. The molecule has 234 valence electrons. The van der Waals surface area contributed by atoms with E-state index in [-0.39, 0.29) is 23.8 Å². The molecule has 1 unspecified atom stereocenters. The van der Waals surface area contributed by atoms with Gasteiger partial charge < -0.3 is 15.1 Å². The number of piperazine rings is 1. The van der Waals surface area contributed by atoms with E-state index in [0.29, 0.717) is 67.6 Å². The van der Waals surface area contributed by atoms with Crippen LogP contribution in [0.15, 0.2) is 83.8 Å². The van der Waals surface area contributed by atoms with Crippen molar-refractivity contribution in [1.82, 2.24) is 19.6 Å². The van der Waals surface area contributed by atoms with E-state index in [1.807, 2.05) is 9.80 Å². The van der Waals surface area contributed by atoms with E-state index in [9.17, 15) is 26.4 Å². The summed E-state index contributed by atoms with van der Waals surface area (Å²) in [5.41, 5.74) is 1.97. The Kier molecular flexibility index (Phi) is 8.72. The van der Waals surface area contributed by atoms with Gasteiger partial charge in [-0.3, -0.25) is 4.79 Å². The molecule has 1 aromatic heterocycles. The number of hydrogen-bond acceptors (Lipinski definition) is 7. The highest BCUT2D eigenvalue weighted by Gasteiger charge is 2.39. The topological polar surface area (TPSA) is 98.7 Å². The molecule has 2 aliphatic rings. The number of sulfonamides is 1. The maximum atomic E-state index is 14.4. The smallest absolute Gasteiger partial charge is 0.243 e. The fraction of sp³-hybridized carbons (Fsp3) is 0.281. The Balaban J connectivity index is 1.20. The molecule has 2 saturated heterocycles. The molecule has 1 N–H and O–H groups in total. The highest BCUT2D eigenvalue weighted by Crippen LogP contribution is 2.28. The number of hydrogen-bond donors (Lipinski definition) is 1. The van der Waals surface area contributed by atoms with E-state index < -0.39 is 33.6 Å². The molecule has 0 aliphatic carbocycles. The summed E-state index contributed by atoms with van der Waals surface area (Å²) >= 11 is 0. The van der Waals surface area contributed by atoms with Gasteiger partial charge in [-0.25, -0.2) is 31.6 Å². The molecule has 2 fully saturated rings. The van der Waals surface area contributed by atoms with Crippen molar-refractivity contribution in [3.05, 3.63) is 102 Å². The summed E-state index contributed by atoms with van der Waals surface area (Å²) in [7, 11) is -4.02. The molecular formula is C32H31F3N6O3S. The number of anilines is 2. The Morgan fingerprint density at radius 3 is 2.29 bits per heavy atom. The van der Waals surface area contributed by atoms with Crippen molar-refractivity contribution in [3.63, 3.8) is 0 Å². The van der Waals surface area contributed by atoms with Crippen molar-refractivity contribution in [3.8, 4) is 11.3 Å². The largest absolute Gasteiger partial charge is 0.366 e. The number of nitrogens with one attached hydrogen (secondary N) is 1. The molecule has 0 bridgehead atoms. The fourth-order valence-electron chi connectivity index (χ4n) is 5.69. The molecule has 3 heterocycles. The van der Waals surface area contributed by atoms with Gasteiger partial charge in [0.05, 0.1) is 28.5 Å². The minimum absolute atomic E-state index is 0.0210. The van der Waals surface area contributed by atoms with E-state index in [2.05, 4.69) is 10.3 Å². The lowest BCUT2D eigenvalue weighted by molar-refractivity contribution is -0.124. The molecule has 0 radical (unpaired) electrons. The Morgan fingerprint density at radius 1 is 0.822 bits per heavy atom. The number of rotatable bonds is 8. The third kappa shape index (κ3) is 6.64. The Hall–Kier alpha value is -4.49. The van der Waals surface area contributed by atoms with Gasteiger partial charge in [-0.15, -0.1) is 0 Å². The van der Waals surface area contributed by atoms with Gasteiger partial charge in [0.1, 0.15) is 23.5 Å². The summed E-state index contributed by atoms with van der Waals surface area (Å²) in [6.45, 7) is 2.21. The third-order valence-electron chi connectivity index (χ3n) is 8.01. The first-order valence-corrected chi connectivity index (χ1v) is 16.1. The first-order chi connectivity index (χ1) is 21.7. The van der Waals surface area contributed by atoms with Crippen LogP contribution in [0.25, 0.3) is 11.3 Å². The zero-order valence-corrected chi connectivity index (χ0v) is 25.1. The van der Waals surface area contributed by atoms with Crippen molar-refractivity contribution < 1.29 is 26.4 Å². The predicted octanol–water partition coefficient (Wildman–Crippen LogP) is 4.36. The van der Waals surface area contributed by atoms with Gasteiger partial charge in [0.25, 0.3) is 0 Å². The normalized spacial score (nSPS) is 17.4. The number of nitrogens with zero attached hydrogens (tertiary/aromatic N) is 5. The SMILES string of the molecule is O=C(NCc1cc(-c2cccc(F)c2)nc(N2CCN(c3ccccc3F)CC2)n1)C1CCCN1S(=O)(=O)c1ccc(F)cc1. The second kappa shape index (κ2) is 12.9. The van der Waals surface area contributed by atoms with Crippen LogP contribution in [0.5, 0.6) is 0 Å². The average Bonchev–Trinajstić information content (AvgIpc) is 3.56. The number of carbonyl (C=O) groups excluding carboxylic acids is 1. The Morgan fingerprint density at radius 2 is 1.56 bits per heavy atom. The minimum Gasteiger partial charge on any atom is -0.366 e. The second-order valence-electron chi connectivity index (χ2n) is 10.9. The molecular weight excluding hydrogens is 605 g/mol. The van der Waals surface area contributed by atoms with E-state index in [1.165, 1.54) is 30.3 Å². The lowest BCUT2D eigenvalue weighted by Crippen LogP contribution is -2.47. The average molecular weight is 637 g/mol. The maximum Gasteiger partial charge on any atom is 0.243 e. The molecule has 4 aromatic rings. The molecule has 2 aliphatic heterocycles. The molecule has 1 amide bonds. The van der Waals surface area contributed by atoms with Crippen LogP contribution in [0.1, 0.15) is 18.5 Å². The van der Waals surface area contributed by atoms with Crippen LogP contribution in [0.4, 0.5) is 24.8 Å². The Labute approximate surface area is 259 Å². The van der Waals surface area contributed by atoms with E-state index in [1.54, 1.807) is 36.4 Å². The van der Waals surface area contributed by atoms with Gasteiger partial charge in [-0.1, -0.05) is 24.3 Å². The molecule has 9 nitrogen and oxygen atoms in total. The highest BCUT2D eigenvalue weighted by atomic mass is 32.2. The number of amides is 1. The van der Waals surface area contributed by atoms with Gasteiger partial charge in [0.15, 0.2) is 0 Å². The molecule has 1 atom stereocenters. The van der Waals surface area contributed by atoms with Crippen LogP contribution in [0, 0.1) is 17.5 Å². The summed E-state index contributed by atoms with van der Waals surface area (Å²) in [6.07, 6.45) is 0.834. The van der Waals surface area contributed by atoms with Gasteiger partial charge >= 0.3 is 0 Å². The lowest BCUT2D eigenvalue weighted by atomic mass is 10.1. The van der Waals surface area contributed by atoms with Gasteiger partial charge in [0, 0.05) is 38.3 Å². The van der Waals surface area contributed by atoms with Crippen molar-refractivity contribution >= 4 is 27.6 Å². The zero-order chi connectivity index (χ0) is 31.6. The van der Waals surface area contributed by atoms with E-state index in [4.69, 9.17) is 4.98 Å². The summed E-state index contributed by atoms with van der Waals surface area (Å²) in [4.78, 5) is 26.5. The van der Waals surface area contributed by atoms with Crippen LogP contribution in [0.2, 0.25) is 0 Å². The third-order valence-corrected chi connectivity index (χ3v) is 9.94. The minimum atomic E-state index is -4.02. The predicted molar refractivity (Wildman–Crippen MR) is 163 cm³/mol. The van der Waals surface area contributed by atoms with Crippen molar-refractivity contribution in [2.75, 3.05) is 42.5 Å². The van der Waals surface area contributed by atoms with Gasteiger partial charge in [-0.05, 0) is 67.4 Å². The summed E-state index contributed by atoms with van der Waals surface area (Å²) in [5.74, 6) is -1.37. The maximum absolute atomic E-state index is 14.4. The fourth-order valence-corrected chi connectivity index (χ4v) is 7.35. The number of aromatic nitrogens is 2. The summed E-state index contributed by atoms with van der Waals surface area (Å²) < 4.78 is 69.6.